The number of hydrogen-bond acceptors (Lipinski definition) is 8. The van der Waals surface area contributed by atoms with Crippen molar-refractivity contribution in [1.29, 1.82) is 0 Å². The van der Waals surface area contributed by atoms with E-state index in [4.69, 9.17) is 15.9 Å². The molecular formula is C17H16N8O2. The van der Waals surface area contributed by atoms with Gasteiger partial charge in [-0.3, -0.25) is 4.79 Å². The number of carbonyl (C=O) groups is 1. The predicted octanol–water partition coefficient (Wildman–Crippen LogP) is 1.11. The van der Waals surface area contributed by atoms with Crippen molar-refractivity contribution < 1.29 is 9.21 Å². The Kier molecular flexibility index (Phi) is 4.13. The normalized spacial score (nSPS) is 11.0. The van der Waals surface area contributed by atoms with Gasteiger partial charge < -0.3 is 21.2 Å². The van der Waals surface area contributed by atoms with Crippen LogP contribution in [-0.4, -0.2) is 37.0 Å². The molecule has 0 unspecified atom stereocenters. The van der Waals surface area contributed by atoms with Crippen LogP contribution in [0.1, 0.15) is 15.9 Å². The highest BCUT2D eigenvalue weighted by molar-refractivity contribution is 5.92. The summed E-state index contributed by atoms with van der Waals surface area (Å²) in [6, 6.07) is 10.6. The summed E-state index contributed by atoms with van der Waals surface area (Å²) >= 11 is 0. The van der Waals surface area contributed by atoms with E-state index >= 15 is 0 Å². The maximum atomic E-state index is 11.1. The van der Waals surface area contributed by atoms with Crippen molar-refractivity contribution in [3.8, 4) is 11.6 Å². The molecule has 3 heterocycles. The molecule has 10 heteroatoms. The van der Waals surface area contributed by atoms with E-state index in [1.54, 1.807) is 30.5 Å². The molecule has 1 aromatic carbocycles. The maximum Gasteiger partial charge on any atom is 0.259 e. The second-order valence-electron chi connectivity index (χ2n) is 5.77. The maximum absolute atomic E-state index is 11.1. The molecule has 0 fully saturated rings. The molecular weight excluding hydrogens is 348 g/mol. The van der Waals surface area contributed by atoms with E-state index in [1.807, 2.05) is 12.1 Å². The molecule has 0 bridgehead atoms. The van der Waals surface area contributed by atoms with Gasteiger partial charge in [0.1, 0.15) is 0 Å². The molecule has 10 nitrogen and oxygen atoms in total. The Labute approximate surface area is 153 Å². The third kappa shape index (κ3) is 3.40. The van der Waals surface area contributed by atoms with E-state index in [9.17, 15) is 4.79 Å². The summed E-state index contributed by atoms with van der Waals surface area (Å²) in [6.07, 6.45) is 2.25. The number of nitrogens with zero attached hydrogens (tertiary/aromatic N) is 5. The quantitative estimate of drug-likeness (QED) is 0.460. The molecule has 0 aliphatic carbocycles. The molecule has 0 aliphatic heterocycles. The first kappa shape index (κ1) is 16.5. The lowest BCUT2D eigenvalue weighted by molar-refractivity contribution is 0.100. The number of nitrogens with one attached hydrogen (secondary N) is 1. The van der Waals surface area contributed by atoms with E-state index in [1.165, 1.54) is 4.52 Å². The Hall–Kier alpha value is -3.95. The molecule has 136 valence electrons. The Balaban J connectivity index is 1.46. The van der Waals surface area contributed by atoms with Crippen molar-refractivity contribution in [2.45, 2.75) is 6.42 Å². The number of carbonyl (C=O) groups excluding carboxylic acids is 1. The highest BCUT2D eigenvalue weighted by Gasteiger charge is 2.13. The number of primary amides is 1. The van der Waals surface area contributed by atoms with Gasteiger partial charge in [0, 0.05) is 12.1 Å². The molecule has 3 aromatic heterocycles. The Bertz CT molecular complexity index is 1090. The number of nitrogen functional groups attached to an aromatic ring is 1. The topological polar surface area (TPSA) is 150 Å². The van der Waals surface area contributed by atoms with Gasteiger partial charge in [-0.05, 0) is 36.2 Å². The number of fused-ring (bicyclic) bond motifs is 1. The van der Waals surface area contributed by atoms with Crippen molar-refractivity contribution in [2.75, 3.05) is 17.6 Å². The van der Waals surface area contributed by atoms with Crippen LogP contribution < -0.4 is 16.8 Å². The number of furan rings is 1. The summed E-state index contributed by atoms with van der Waals surface area (Å²) in [7, 11) is 0. The average molecular weight is 364 g/mol. The van der Waals surface area contributed by atoms with Gasteiger partial charge in [0.25, 0.3) is 5.78 Å². The minimum absolute atomic E-state index is 0.165. The Morgan fingerprint density at radius 1 is 1.15 bits per heavy atom. The van der Waals surface area contributed by atoms with Crippen molar-refractivity contribution in [3.63, 3.8) is 0 Å². The van der Waals surface area contributed by atoms with Crippen molar-refractivity contribution in [1.82, 2.24) is 24.6 Å². The summed E-state index contributed by atoms with van der Waals surface area (Å²) < 4.78 is 6.64. The van der Waals surface area contributed by atoms with Crippen LogP contribution in [-0.2, 0) is 6.42 Å². The van der Waals surface area contributed by atoms with Gasteiger partial charge in [-0.25, -0.2) is 0 Å². The lowest BCUT2D eigenvalue weighted by atomic mass is 10.1. The van der Waals surface area contributed by atoms with Crippen molar-refractivity contribution >= 4 is 23.6 Å². The van der Waals surface area contributed by atoms with E-state index in [-0.39, 0.29) is 5.95 Å². The van der Waals surface area contributed by atoms with Crippen LogP contribution in [0, 0.1) is 0 Å². The molecule has 27 heavy (non-hydrogen) atoms. The standard InChI is InChI=1S/C17H16N8O2/c18-13(26)11-5-3-10(4-6-11)7-8-20-16-22-15(19)25-17(23-16)21-14(24-25)12-2-1-9-27-12/h1-6,9H,7-8H2,(H2,18,26)(H3,19,20,21,22,23,24). The van der Waals surface area contributed by atoms with Gasteiger partial charge in [0.05, 0.1) is 6.26 Å². The van der Waals surface area contributed by atoms with Crippen LogP contribution in [0.15, 0.2) is 47.1 Å². The zero-order valence-corrected chi connectivity index (χ0v) is 14.2. The average Bonchev–Trinajstić information content (AvgIpc) is 3.32. The number of aromatic nitrogens is 5. The molecule has 0 aliphatic rings. The fraction of sp³-hybridized carbons (Fsp3) is 0.118. The highest BCUT2D eigenvalue weighted by atomic mass is 16.3. The molecule has 1 amide bonds. The minimum atomic E-state index is -0.445. The lowest BCUT2D eigenvalue weighted by Gasteiger charge is -2.06. The zero-order valence-electron chi connectivity index (χ0n) is 14.2. The molecule has 0 atom stereocenters. The van der Waals surface area contributed by atoms with Crippen LogP contribution in [0.5, 0.6) is 0 Å². The Morgan fingerprint density at radius 3 is 2.67 bits per heavy atom. The predicted molar refractivity (Wildman–Crippen MR) is 97.8 cm³/mol. The molecule has 0 radical (unpaired) electrons. The first-order valence-corrected chi connectivity index (χ1v) is 8.17. The van der Waals surface area contributed by atoms with Crippen LogP contribution in [0.4, 0.5) is 11.9 Å². The third-order valence-corrected chi connectivity index (χ3v) is 3.91. The van der Waals surface area contributed by atoms with Gasteiger partial charge in [-0.2, -0.15) is 19.5 Å². The largest absolute Gasteiger partial charge is 0.461 e. The first-order valence-electron chi connectivity index (χ1n) is 8.17. The summed E-state index contributed by atoms with van der Waals surface area (Å²) in [4.78, 5) is 23.9. The number of benzene rings is 1. The number of hydrogen-bond donors (Lipinski definition) is 3. The third-order valence-electron chi connectivity index (χ3n) is 3.91. The summed E-state index contributed by atoms with van der Waals surface area (Å²) in [5.41, 5.74) is 12.7. The summed E-state index contributed by atoms with van der Waals surface area (Å²) in [6.45, 7) is 0.574. The molecule has 0 saturated heterocycles. The van der Waals surface area contributed by atoms with Crippen molar-refractivity contribution in [3.05, 3.63) is 53.8 Å². The number of rotatable bonds is 6. The fourth-order valence-electron chi connectivity index (χ4n) is 2.55. The molecule has 4 aromatic rings. The van der Waals surface area contributed by atoms with E-state index in [0.29, 0.717) is 41.8 Å². The lowest BCUT2D eigenvalue weighted by Crippen LogP contribution is -2.12. The monoisotopic (exact) mass is 364 g/mol. The highest BCUT2D eigenvalue weighted by Crippen LogP contribution is 2.17. The van der Waals surface area contributed by atoms with E-state index in [2.05, 4.69) is 25.4 Å². The summed E-state index contributed by atoms with van der Waals surface area (Å²) in [5, 5.41) is 7.35. The second kappa shape index (κ2) is 6.75. The SMILES string of the molecule is NC(=O)c1ccc(CCNc2nc(N)n3nc(-c4ccco4)nc3n2)cc1. The first-order chi connectivity index (χ1) is 13.1. The molecule has 0 saturated carbocycles. The van der Waals surface area contributed by atoms with Crippen LogP contribution in [0.2, 0.25) is 0 Å². The number of amides is 1. The minimum Gasteiger partial charge on any atom is -0.461 e. The molecule has 5 N–H and O–H groups in total. The Morgan fingerprint density at radius 2 is 1.96 bits per heavy atom. The van der Waals surface area contributed by atoms with Gasteiger partial charge in [-0.1, -0.05) is 12.1 Å². The van der Waals surface area contributed by atoms with Crippen LogP contribution >= 0.6 is 0 Å². The van der Waals surface area contributed by atoms with Crippen LogP contribution in [0.25, 0.3) is 17.4 Å². The summed E-state index contributed by atoms with van der Waals surface area (Å²) in [5.74, 6) is 1.30. The number of nitrogens with two attached hydrogens (primary N) is 2. The molecule has 0 spiro atoms. The molecule has 4 rings (SSSR count). The van der Waals surface area contributed by atoms with Gasteiger partial charge in [0.2, 0.25) is 23.6 Å². The van der Waals surface area contributed by atoms with Crippen LogP contribution in [0.3, 0.4) is 0 Å². The van der Waals surface area contributed by atoms with Gasteiger partial charge in [0.15, 0.2) is 5.76 Å². The smallest absolute Gasteiger partial charge is 0.259 e. The fourth-order valence-corrected chi connectivity index (χ4v) is 2.55. The second-order valence-corrected chi connectivity index (χ2v) is 5.77. The van der Waals surface area contributed by atoms with Gasteiger partial charge in [-0.15, -0.1) is 5.10 Å². The number of anilines is 2. The van der Waals surface area contributed by atoms with Crippen molar-refractivity contribution in [2.24, 2.45) is 5.73 Å². The van der Waals surface area contributed by atoms with Gasteiger partial charge >= 0.3 is 0 Å². The van der Waals surface area contributed by atoms with E-state index < -0.39 is 5.91 Å². The zero-order chi connectivity index (χ0) is 18.8. The van der Waals surface area contributed by atoms with E-state index in [0.717, 1.165) is 5.56 Å².